The zero-order chi connectivity index (χ0) is 17.8. The van der Waals surface area contributed by atoms with Crippen LogP contribution in [0.15, 0.2) is 42.7 Å². The maximum absolute atomic E-state index is 12.7. The van der Waals surface area contributed by atoms with Crippen LogP contribution in [0.4, 0.5) is 19.3 Å². The van der Waals surface area contributed by atoms with E-state index in [2.05, 4.69) is 15.0 Å². The number of pyridine rings is 1. The molecule has 0 aliphatic heterocycles. The standard InChI is InChI=1S/C18H19F2N3O2/c1-12-15(5-2-6-16(12)25-17(19)20)22-18(24)23(14-7-8-14)11-13-4-3-9-21-10-13/h2-6,9-10,14,17H,7-8,11H2,1H3,(H,22,24). The average Bonchev–Trinajstić information content (AvgIpc) is 3.41. The Morgan fingerprint density at radius 3 is 2.80 bits per heavy atom. The minimum atomic E-state index is -2.90. The molecule has 1 heterocycles. The number of carbonyl (C=O) groups is 1. The number of hydrogen-bond acceptors (Lipinski definition) is 3. The van der Waals surface area contributed by atoms with Gasteiger partial charge < -0.3 is 15.0 Å². The van der Waals surface area contributed by atoms with E-state index in [0.29, 0.717) is 17.8 Å². The van der Waals surface area contributed by atoms with E-state index < -0.39 is 6.61 Å². The normalized spacial score (nSPS) is 13.6. The van der Waals surface area contributed by atoms with Gasteiger partial charge in [-0.05, 0) is 43.5 Å². The van der Waals surface area contributed by atoms with E-state index in [0.717, 1.165) is 18.4 Å². The van der Waals surface area contributed by atoms with Crippen LogP contribution < -0.4 is 10.1 Å². The van der Waals surface area contributed by atoms with Gasteiger partial charge in [0.2, 0.25) is 0 Å². The number of alkyl halides is 2. The third-order valence-electron chi connectivity index (χ3n) is 4.07. The van der Waals surface area contributed by atoms with Crippen molar-refractivity contribution in [3.05, 3.63) is 53.9 Å². The predicted octanol–water partition coefficient (Wildman–Crippen LogP) is 4.19. The summed E-state index contributed by atoms with van der Waals surface area (Å²) in [6.45, 7) is -0.815. The lowest BCUT2D eigenvalue weighted by atomic mass is 10.2. The second kappa shape index (κ2) is 7.46. The van der Waals surface area contributed by atoms with Crippen LogP contribution in [-0.2, 0) is 6.54 Å². The summed E-state index contributed by atoms with van der Waals surface area (Å²) in [5.74, 6) is 0.0537. The van der Waals surface area contributed by atoms with Gasteiger partial charge in [0.1, 0.15) is 5.75 Å². The maximum Gasteiger partial charge on any atom is 0.387 e. The number of hydrogen-bond donors (Lipinski definition) is 1. The van der Waals surface area contributed by atoms with E-state index in [1.165, 1.54) is 6.07 Å². The number of nitrogens with zero attached hydrogens (tertiary/aromatic N) is 2. The molecule has 5 nitrogen and oxygen atoms in total. The van der Waals surface area contributed by atoms with Crippen LogP contribution in [0, 0.1) is 6.92 Å². The summed E-state index contributed by atoms with van der Waals surface area (Å²) in [7, 11) is 0. The lowest BCUT2D eigenvalue weighted by Gasteiger charge is -2.23. The highest BCUT2D eigenvalue weighted by Gasteiger charge is 2.33. The van der Waals surface area contributed by atoms with Gasteiger partial charge in [0.15, 0.2) is 0 Å². The Hall–Kier alpha value is -2.70. The number of aromatic nitrogens is 1. The first-order valence-electron chi connectivity index (χ1n) is 8.05. The largest absolute Gasteiger partial charge is 0.434 e. The summed E-state index contributed by atoms with van der Waals surface area (Å²) in [6.07, 6.45) is 5.33. The first-order valence-corrected chi connectivity index (χ1v) is 8.05. The predicted molar refractivity (Wildman–Crippen MR) is 89.6 cm³/mol. The van der Waals surface area contributed by atoms with E-state index >= 15 is 0 Å². The van der Waals surface area contributed by atoms with Crippen LogP contribution in [0.5, 0.6) is 5.75 Å². The number of urea groups is 1. The van der Waals surface area contributed by atoms with Gasteiger partial charge >= 0.3 is 12.6 Å². The molecular weight excluding hydrogens is 328 g/mol. The van der Waals surface area contributed by atoms with Crippen molar-refractivity contribution in [2.75, 3.05) is 5.32 Å². The van der Waals surface area contributed by atoms with E-state index in [4.69, 9.17) is 0 Å². The van der Waals surface area contributed by atoms with Crippen molar-refractivity contribution >= 4 is 11.7 Å². The van der Waals surface area contributed by atoms with E-state index in [1.54, 1.807) is 36.4 Å². The molecule has 1 fully saturated rings. The van der Waals surface area contributed by atoms with Gasteiger partial charge in [0.25, 0.3) is 0 Å². The number of benzene rings is 1. The Kier molecular flexibility index (Phi) is 5.11. The number of ether oxygens (including phenoxy) is 1. The number of amides is 2. The van der Waals surface area contributed by atoms with E-state index in [9.17, 15) is 13.6 Å². The van der Waals surface area contributed by atoms with Gasteiger partial charge in [-0.2, -0.15) is 8.78 Å². The first-order chi connectivity index (χ1) is 12.0. The third-order valence-corrected chi connectivity index (χ3v) is 4.07. The van der Waals surface area contributed by atoms with Gasteiger partial charge in [0.05, 0.1) is 0 Å². The molecule has 0 spiro atoms. The van der Waals surface area contributed by atoms with Gasteiger partial charge in [-0.1, -0.05) is 12.1 Å². The van der Waals surface area contributed by atoms with Gasteiger partial charge in [-0.3, -0.25) is 4.98 Å². The topological polar surface area (TPSA) is 54.5 Å². The lowest BCUT2D eigenvalue weighted by molar-refractivity contribution is -0.0502. The fraction of sp³-hybridized carbons (Fsp3) is 0.333. The molecule has 0 atom stereocenters. The quantitative estimate of drug-likeness (QED) is 0.852. The van der Waals surface area contributed by atoms with E-state index in [-0.39, 0.29) is 17.8 Å². The number of rotatable bonds is 6. The van der Waals surface area contributed by atoms with Crippen molar-refractivity contribution < 1.29 is 18.3 Å². The molecule has 0 bridgehead atoms. The van der Waals surface area contributed by atoms with Crippen LogP contribution >= 0.6 is 0 Å². The SMILES string of the molecule is Cc1c(NC(=O)N(Cc2cccnc2)C2CC2)cccc1OC(F)F. The number of carbonyl (C=O) groups excluding carboxylic acids is 1. The van der Waals surface area contributed by atoms with Crippen LogP contribution in [0.1, 0.15) is 24.0 Å². The fourth-order valence-corrected chi connectivity index (χ4v) is 2.60. The third kappa shape index (κ3) is 4.43. The average molecular weight is 347 g/mol. The summed E-state index contributed by atoms with van der Waals surface area (Å²) in [5.41, 5.74) is 1.87. The van der Waals surface area contributed by atoms with Crippen LogP contribution in [0.2, 0.25) is 0 Å². The second-order valence-electron chi connectivity index (χ2n) is 5.96. The number of halogens is 2. The van der Waals surface area contributed by atoms with Gasteiger partial charge in [-0.15, -0.1) is 0 Å². The zero-order valence-corrected chi connectivity index (χ0v) is 13.8. The second-order valence-corrected chi connectivity index (χ2v) is 5.96. The smallest absolute Gasteiger partial charge is 0.387 e. The molecule has 0 unspecified atom stereocenters. The van der Waals surface area contributed by atoms with Crippen LogP contribution in [0.3, 0.4) is 0 Å². The molecule has 1 aliphatic rings. The van der Waals surface area contributed by atoms with Crippen LogP contribution in [0.25, 0.3) is 0 Å². The van der Waals surface area contributed by atoms with Crippen molar-refractivity contribution in [3.8, 4) is 5.75 Å². The van der Waals surface area contributed by atoms with Crippen LogP contribution in [-0.4, -0.2) is 28.6 Å². The summed E-state index contributed by atoms with van der Waals surface area (Å²) < 4.78 is 29.4. The number of nitrogens with one attached hydrogen (secondary N) is 1. The Morgan fingerprint density at radius 1 is 1.36 bits per heavy atom. The molecule has 3 rings (SSSR count). The minimum Gasteiger partial charge on any atom is -0.434 e. The molecule has 2 aromatic rings. The minimum absolute atomic E-state index is 0.0537. The highest BCUT2D eigenvalue weighted by Crippen LogP contribution is 2.31. The lowest BCUT2D eigenvalue weighted by Crippen LogP contribution is -2.36. The highest BCUT2D eigenvalue weighted by molar-refractivity contribution is 5.91. The molecule has 25 heavy (non-hydrogen) atoms. The molecule has 0 radical (unpaired) electrons. The summed E-state index contributed by atoms with van der Waals surface area (Å²) in [4.78, 5) is 18.5. The monoisotopic (exact) mass is 347 g/mol. The molecule has 132 valence electrons. The Bertz CT molecular complexity index is 736. The maximum atomic E-state index is 12.7. The first kappa shape index (κ1) is 17.1. The summed E-state index contributed by atoms with van der Waals surface area (Å²) >= 11 is 0. The molecule has 1 saturated carbocycles. The van der Waals surface area contributed by atoms with Gasteiger partial charge in [0, 0.05) is 36.2 Å². The molecule has 1 N–H and O–H groups in total. The van der Waals surface area contributed by atoms with Crippen molar-refractivity contribution in [1.82, 2.24) is 9.88 Å². The fourth-order valence-electron chi connectivity index (χ4n) is 2.60. The molecule has 7 heteroatoms. The highest BCUT2D eigenvalue weighted by atomic mass is 19.3. The molecule has 1 aliphatic carbocycles. The summed E-state index contributed by atoms with van der Waals surface area (Å²) in [6, 6.07) is 8.37. The summed E-state index contributed by atoms with van der Waals surface area (Å²) in [5, 5.41) is 2.81. The van der Waals surface area contributed by atoms with Crippen molar-refractivity contribution in [3.63, 3.8) is 0 Å². The Labute approximate surface area is 144 Å². The molecular formula is C18H19F2N3O2. The van der Waals surface area contributed by atoms with Crippen molar-refractivity contribution in [1.29, 1.82) is 0 Å². The Morgan fingerprint density at radius 2 is 2.16 bits per heavy atom. The van der Waals surface area contributed by atoms with E-state index in [1.807, 2.05) is 12.1 Å². The number of anilines is 1. The van der Waals surface area contributed by atoms with Crippen molar-refractivity contribution in [2.45, 2.75) is 39.0 Å². The Balaban J connectivity index is 1.73. The van der Waals surface area contributed by atoms with Crippen molar-refractivity contribution in [2.24, 2.45) is 0 Å². The zero-order valence-electron chi connectivity index (χ0n) is 13.8. The molecule has 1 aromatic carbocycles. The molecule has 1 aromatic heterocycles. The van der Waals surface area contributed by atoms with Gasteiger partial charge in [-0.25, -0.2) is 4.79 Å². The molecule has 0 saturated heterocycles. The molecule has 2 amide bonds.